The van der Waals surface area contributed by atoms with Gasteiger partial charge in [-0.2, -0.15) is 0 Å². The molecule has 1 saturated heterocycles. The standard InChI is InChI=1S/C20H23ClN4O7/c1-10(26)31-9-16-13(7-17(27)28)19(23-24-22)14(8-18(29)30)20(32-16)25-5-4-11-6-12(21)2-3-15(11)25/h2-3,6,13-14,16,19-20H,4-5,7-9H2,1H3,(H,27,28)(H,29,30)/t13-,14+,16-,19-,20?/m0/s1. The first-order valence-electron chi connectivity index (χ1n) is 10.0. The second-order valence-electron chi connectivity index (χ2n) is 7.80. The summed E-state index contributed by atoms with van der Waals surface area (Å²) in [6.07, 6.45) is -1.93. The lowest BCUT2D eigenvalue weighted by Gasteiger charge is -2.48. The van der Waals surface area contributed by atoms with Crippen LogP contribution in [0.2, 0.25) is 5.02 Å². The largest absolute Gasteiger partial charge is 0.481 e. The molecule has 0 amide bonds. The maximum atomic E-state index is 11.7. The van der Waals surface area contributed by atoms with Gasteiger partial charge in [0.15, 0.2) is 0 Å². The Morgan fingerprint density at radius 2 is 1.97 bits per heavy atom. The minimum atomic E-state index is -1.17. The Balaban J connectivity index is 2.04. The first kappa shape index (κ1) is 23.6. The Hall–Kier alpha value is -3.01. The highest BCUT2D eigenvalue weighted by atomic mass is 35.5. The molecule has 172 valence electrons. The van der Waals surface area contributed by atoms with Crippen molar-refractivity contribution in [1.29, 1.82) is 0 Å². The summed E-state index contributed by atoms with van der Waals surface area (Å²) in [6, 6.07) is 4.34. The molecule has 1 unspecified atom stereocenters. The molecule has 5 atom stereocenters. The molecule has 2 aliphatic rings. The first-order valence-corrected chi connectivity index (χ1v) is 10.4. The van der Waals surface area contributed by atoms with Gasteiger partial charge in [0.05, 0.1) is 25.0 Å². The quantitative estimate of drug-likeness (QED) is 0.255. The van der Waals surface area contributed by atoms with Gasteiger partial charge in [-0.15, -0.1) is 0 Å². The number of azide groups is 1. The summed E-state index contributed by atoms with van der Waals surface area (Å²) >= 11 is 6.09. The van der Waals surface area contributed by atoms with E-state index in [1.165, 1.54) is 6.92 Å². The number of esters is 1. The van der Waals surface area contributed by atoms with Gasteiger partial charge in [-0.3, -0.25) is 14.4 Å². The number of carbonyl (C=O) groups excluding carboxylic acids is 1. The fraction of sp³-hybridized carbons (Fsp3) is 0.550. The van der Waals surface area contributed by atoms with Gasteiger partial charge in [0.25, 0.3) is 0 Å². The predicted octanol–water partition coefficient (Wildman–Crippen LogP) is 2.85. The molecule has 11 nitrogen and oxygen atoms in total. The number of ether oxygens (including phenoxy) is 2. The normalized spacial score (nSPS) is 26.7. The van der Waals surface area contributed by atoms with Gasteiger partial charge in [0.2, 0.25) is 0 Å². The number of hydrogen-bond donors (Lipinski definition) is 2. The van der Waals surface area contributed by atoms with E-state index in [1.807, 2.05) is 11.0 Å². The maximum absolute atomic E-state index is 11.7. The molecule has 2 heterocycles. The summed E-state index contributed by atoms with van der Waals surface area (Å²) in [4.78, 5) is 39.3. The van der Waals surface area contributed by atoms with Crippen LogP contribution in [0.4, 0.5) is 5.69 Å². The maximum Gasteiger partial charge on any atom is 0.303 e. The molecule has 2 N–H and O–H groups in total. The number of carbonyl (C=O) groups is 3. The number of fused-ring (bicyclic) bond motifs is 1. The number of carboxylic acid groups (broad SMARTS) is 2. The van der Waals surface area contributed by atoms with Crippen LogP contribution in [0, 0.1) is 11.8 Å². The fourth-order valence-electron chi connectivity index (χ4n) is 4.52. The van der Waals surface area contributed by atoms with Crippen LogP contribution in [0.1, 0.15) is 25.3 Å². The smallest absolute Gasteiger partial charge is 0.303 e. The number of aliphatic carboxylic acids is 2. The average molecular weight is 467 g/mol. The van der Waals surface area contributed by atoms with E-state index in [0.717, 1.165) is 11.3 Å². The average Bonchev–Trinajstić information content (AvgIpc) is 3.11. The molecule has 1 aromatic rings. The van der Waals surface area contributed by atoms with Gasteiger partial charge in [-0.05, 0) is 35.7 Å². The van der Waals surface area contributed by atoms with Gasteiger partial charge in [0, 0.05) is 40.9 Å². The Kier molecular flexibility index (Phi) is 7.44. The number of halogens is 1. The van der Waals surface area contributed by atoms with Gasteiger partial charge in [0.1, 0.15) is 12.8 Å². The molecular weight excluding hydrogens is 444 g/mol. The van der Waals surface area contributed by atoms with Crippen LogP contribution in [-0.2, 0) is 30.3 Å². The van der Waals surface area contributed by atoms with E-state index < -0.39 is 61.0 Å². The second kappa shape index (κ2) is 10.1. The third kappa shape index (κ3) is 5.24. The monoisotopic (exact) mass is 466 g/mol. The Labute approximate surface area is 188 Å². The number of anilines is 1. The SMILES string of the molecule is CC(=O)OC[C@@H]1OC(N2CCc3cc(Cl)ccc32)[C@H](CC(=O)O)[C@@H](N=[N+]=[N-])[C@H]1CC(=O)O. The van der Waals surface area contributed by atoms with E-state index in [2.05, 4.69) is 10.0 Å². The van der Waals surface area contributed by atoms with Crippen molar-refractivity contribution in [3.8, 4) is 0 Å². The number of rotatable bonds is 8. The predicted molar refractivity (Wildman–Crippen MR) is 112 cm³/mol. The molecule has 1 aromatic carbocycles. The lowest BCUT2D eigenvalue weighted by atomic mass is 9.77. The van der Waals surface area contributed by atoms with Gasteiger partial charge in [-0.25, -0.2) is 0 Å². The number of benzene rings is 1. The molecule has 12 heteroatoms. The van der Waals surface area contributed by atoms with Crippen molar-refractivity contribution in [1.82, 2.24) is 0 Å². The van der Waals surface area contributed by atoms with E-state index in [4.69, 9.17) is 21.1 Å². The molecule has 2 aliphatic heterocycles. The molecule has 0 bridgehead atoms. The summed E-state index contributed by atoms with van der Waals surface area (Å²) in [5, 5.41) is 23.3. The van der Waals surface area contributed by atoms with Crippen LogP contribution in [0.3, 0.4) is 0 Å². The van der Waals surface area contributed by atoms with Crippen molar-refractivity contribution < 1.29 is 34.1 Å². The third-order valence-electron chi connectivity index (χ3n) is 5.77. The summed E-state index contributed by atoms with van der Waals surface area (Å²) < 4.78 is 11.3. The lowest BCUT2D eigenvalue weighted by Crippen LogP contribution is -2.58. The summed E-state index contributed by atoms with van der Waals surface area (Å²) in [6.45, 7) is 1.47. The molecule has 0 aromatic heterocycles. The number of carboxylic acids is 2. The molecule has 3 rings (SSSR count). The van der Waals surface area contributed by atoms with Crippen molar-refractivity contribution in [2.24, 2.45) is 17.0 Å². The second-order valence-corrected chi connectivity index (χ2v) is 8.24. The van der Waals surface area contributed by atoms with Crippen molar-refractivity contribution >= 4 is 35.2 Å². The van der Waals surface area contributed by atoms with Crippen LogP contribution in [-0.4, -0.2) is 59.6 Å². The topological polar surface area (TPSA) is 162 Å². The highest BCUT2D eigenvalue weighted by molar-refractivity contribution is 6.30. The lowest BCUT2D eigenvalue weighted by molar-refractivity contribution is -0.172. The van der Waals surface area contributed by atoms with Gasteiger partial charge < -0.3 is 24.6 Å². The van der Waals surface area contributed by atoms with Crippen LogP contribution in [0.5, 0.6) is 0 Å². The van der Waals surface area contributed by atoms with Crippen molar-refractivity contribution in [2.45, 2.75) is 44.6 Å². The molecular formula is C20H23ClN4O7. The van der Waals surface area contributed by atoms with E-state index >= 15 is 0 Å². The molecule has 0 aliphatic carbocycles. The molecule has 0 saturated carbocycles. The highest BCUT2D eigenvalue weighted by Gasteiger charge is 2.50. The Bertz CT molecular complexity index is 952. The third-order valence-corrected chi connectivity index (χ3v) is 6.01. The van der Waals surface area contributed by atoms with Crippen molar-refractivity contribution in [3.05, 3.63) is 39.2 Å². The van der Waals surface area contributed by atoms with E-state index in [0.29, 0.717) is 18.0 Å². The number of hydrogen-bond acceptors (Lipinski definition) is 7. The summed E-state index contributed by atoms with van der Waals surface area (Å²) in [7, 11) is 0. The molecule has 0 radical (unpaired) electrons. The van der Waals surface area contributed by atoms with Crippen LogP contribution in [0.15, 0.2) is 23.3 Å². The van der Waals surface area contributed by atoms with Crippen molar-refractivity contribution in [2.75, 3.05) is 18.1 Å². The zero-order valence-corrected chi connectivity index (χ0v) is 18.0. The van der Waals surface area contributed by atoms with Crippen LogP contribution >= 0.6 is 11.6 Å². The molecule has 1 fully saturated rings. The summed E-state index contributed by atoms with van der Waals surface area (Å²) in [5.41, 5.74) is 10.9. The number of nitrogens with zero attached hydrogens (tertiary/aromatic N) is 4. The van der Waals surface area contributed by atoms with Crippen LogP contribution < -0.4 is 4.90 Å². The Morgan fingerprint density at radius 3 is 2.59 bits per heavy atom. The Morgan fingerprint density at radius 1 is 1.28 bits per heavy atom. The minimum absolute atomic E-state index is 0.248. The van der Waals surface area contributed by atoms with E-state index in [9.17, 15) is 30.1 Å². The molecule has 32 heavy (non-hydrogen) atoms. The first-order chi connectivity index (χ1) is 15.2. The minimum Gasteiger partial charge on any atom is -0.481 e. The van der Waals surface area contributed by atoms with Gasteiger partial charge in [-0.1, -0.05) is 16.7 Å². The van der Waals surface area contributed by atoms with Gasteiger partial charge >= 0.3 is 17.9 Å². The van der Waals surface area contributed by atoms with E-state index in [1.54, 1.807) is 12.1 Å². The fourth-order valence-corrected chi connectivity index (χ4v) is 4.72. The highest BCUT2D eigenvalue weighted by Crippen LogP contribution is 2.42. The zero-order valence-electron chi connectivity index (χ0n) is 17.3. The summed E-state index contributed by atoms with van der Waals surface area (Å²) in [5.74, 6) is -4.59. The van der Waals surface area contributed by atoms with E-state index in [-0.39, 0.29) is 6.61 Å². The zero-order chi connectivity index (χ0) is 23.4. The van der Waals surface area contributed by atoms with Crippen LogP contribution in [0.25, 0.3) is 10.4 Å². The van der Waals surface area contributed by atoms with Crippen molar-refractivity contribution in [3.63, 3.8) is 0 Å². The molecule has 0 spiro atoms.